The molecule has 12 aromatic heterocycles. The van der Waals surface area contributed by atoms with E-state index in [1.807, 2.05) is 93.6 Å². The molecule has 28 heteroatoms. The Morgan fingerprint density at radius 2 is 0.714 bits per heavy atom. The van der Waals surface area contributed by atoms with E-state index in [4.69, 9.17) is 25.7 Å². The summed E-state index contributed by atoms with van der Waals surface area (Å²) in [6.07, 6.45) is 39.0. The summed E-state index contributed by atoms with van der Waals surface area (Å²) in [5.41, 5.74) is 6.87. The van der Waals surface area contributed by atoms with Crippen molar-refractivity contribution in [2.24, 2.45) is 5.92 Å². The van der Waals surface area contributed by atoms with Crippen molar-refractivity contribution in [1.82, 2.24) is 80.7 Å². The van der Waals surface area contributed by atoms with Gasteiger partial charge in [-0.2, -0.15) is 20.4 Å². The number of H-pyrrole nitrogens is 4. The minimum absolute atomic E-state index is 0. The molecule has 0 spiro atoms. The van der Waals surface area contributed by atoms with Crippen molar-refractivity contribution in [3.05, 3.63) is 162 Å². The van der Waals surface area contributed by atoms with Gasteiger partial charge in [-0.25, -0.2) is 39.9 Å². The molecule has 105 heavy (non-hydrogen) atoms. The highest BCUT2D eigenvalue weighted by atomic mass is 32.1. The van der Waals surface area contributed by atoms with Crippen LogP contribution in [0.15, 0.2) is 97.6 Å². The van der Waals surface area contributed by atoms with E-state index in [-0.39, 0.29) is 15.9 Å². The fraction of sp³-hybridized carbons (Fsp3) is 0.325. The fourth-order valence-electron chi connectivity index (χ4n) is 10.9. The number of terminal acetylenes is 4. The maximum Gasteiger partial charge on any atom is 0.171 e. The molecule has 12 heterocycles. The first kappa shape index (κ1) is 72.6. The highest BCUT2D eigenvalue weighted by Crippen LogP contribution is 2.44. The summed E-state index contributed by atoms with van der Waals surface area (Å²) in [6, 6.07) is 23.3. The predicted molar refractivity (Wildman–Crippen MR) is 429 cm³/mol. The van der Waals surface area contributed by atoms with E-state index in [0.717, 1.165) is 74.6 Å². The summed E-state index contributed by atoms with van der Waals surface area (Å²) in [4.78, 5) is 43.0. The number of thiophene rings is 4. The molecule has 4 saturated carbocycles. The summed E-state index contributed by atoms with van der Waals surface area (Å²) < 4.78 is 0. The molecule has 0 unspecified atom stereocenters. The lowest BCUT2D eigenvalue weighted by Gasteiger charge is -2.11. The fourth-order valence-corrected chi connectivity index (χ4v) is 14.9. The van der Waals surface area contributed by atoms with Gasteiger partial charge in [-0.3, -0.25) is 20.4 Å². The maximum atomic E-state index is 10.3. The molecule has 0 radical (unpaired) electrons. The van der Waals surface area contributed by atoms with E-state index in [9.17, 15) is 20.4 Å². The smallest absolute Gasteiger partial charge is 0.171 e. The van der Waals surface area contributed by atoms with Crippen LogP contribution in [0.1, 0.15) is 228 Å². The highest BCUT2D eigenvalue weighted by molar-refractivity contribution is 7.16. The first-order valence-electron chi connectivity index (χ1n) is 34.8. The molecule has 0 aromatic carbocycles. The van der Waals surface area contributed by atoms with Gasteiger partial charge in [-0.15, -0.1) is 71.0 Å². The van der Waals surface area contributed by atoms with Crippen LogP contribution in [0.25, 0.3) is 42.8 Å². The third-order valence-electron chi connectivity index (χ3n) is 17.6. The number of nitrogens with zero attached hydrogens (tertiary/aromatic N) is 12. The molecule has 16 rings (SSSR count). The molecule has 12 aromatic rings. The summed E-state index contributed by atoms with van der Waals surface area (Å²) >= 11 is 5.94. The standard InChI is InChI=1S/2C20H21N5OS.C19H19N5OS.C18H17N5OS.7H2/c1-4-12-10-21-20(16-8-7-15(27-16)18(26)11(2)3)23-19(12)22-17-9-14(24-25-17)13-5-6-13;1-3-5-15(26)16-8-9-17(27-16)20-21-11-12(4-2)19(23-20)22-18-10-14(24-25-18)13-6-7-13;1-3-11-10-20-19(16-8-7-15(26-16)14(25)4-2)22-18(11)21-17-9-13(23-24-17)12-5-6-12;1-3-11-9-19-18(15-7-6-14(25-15)10(2)24)21-17(11)20-16-8-13(22-23-16)12-4-5-12;;;;;;;/h1,7-11,13,18,26H,5-6H2,2-3H3,(H2,21,22,23,24,25);2,8-11,13,15,26H,3,5-7H2,1H3,(H2,21,22,23,24,25);1,7-10,12,14,25H,4-6H2,2H3,(H2,20,21,22,23,24);1,6-10,12,24H,4-5H2,2H3,(H2,19,20,21,22,23);7*1H/t18-;15-;14-;10-;;;;;;;/m0011......./s1. The van der Waals surface area contributed by atoms with Gasteiger partial charge in [0.05, 0.1) is 66.2 Å². The van der Waals surface area contributed by atoms with Crippen molar-refractivity contribution >= 4 is 91.9 Å². The zero-order valence-corrected chi connectivity index (χ0v) is 61.6. The Hall–Kier alpha value is -10.8. The van der Waals surface area contributed by atoms with E-state index in [1.54, 1.807) is 31.7 Å². The Morgan fingerprint density at radius 1 is 0.429 bits per heavy atom. The van der Waals surface area contributed by atoms with Gasteiger partial charge < -0.3 is 41.7 Å². The molecule has 12 N–H and O–H groups in total. The molecular formula is C77H92N20O4S4. The molecule has 4 fully saturated rings. The highest BCUT2D eigenvalue weighted by Gasteiger charge is 2.30. The van der Waals surface area contributed by atoms with Gasteiger partial charge in [0.15, 0.2) is 69.8 Å². The van der Waals surface area contributed by atoms with Gasteiger partial charge in [-0.1, -0.05) is 57.8 Å². The van der Waals surface area contributed by atoms with Crippen LogP contribution in [0, 0.1) is 55.3 Å². The second-order valence-electron chi connectivity index (χ2n) is 26.2. The number of aliphatic hydroxyl groups excluding tert-OH is 4. The van der Waals surface area contributed by atoms with Crippen LogP contribution in [-0.4, -0.2) is 101 Å². The summed E-state index contributed by atoms with van der Waals surface area (Å²) in [5.74, 6) is 20.3. The van der Waals surface area contributed by atoms with E-state index < -0.39 is 24.4 Å². The molecule has 0 saturated heterocycles. The number of hydrogen-bond donors (Lipinski definition) is 12. The van der Waals surface area contributed by atoms with Crippen molar-refractivity contribution in [2.45, 2.75) is 153 Å². The van der Waals surface area contributed by atoms with E-state index in [1.165, 1.54) is 96.7 Å². The average Bonchev–Trinajstić information content (AvgIpc) is 1.60. The predicted octanol–water partition coefficient (Wildman–Crippen LogP) is 17.9. The van der Waals surface area contributed by atoms with E-state index in [2.05, 4.69) is 133 Å². The van der Waals surface area contributed by atoms with Gasteiger partial charge in [0.1, 0.15) is 0 Å². The van der Waals surface area contributed by atoms with Crippen LogP contribution in [0.5, 0.6) is 0 Å². The topological polar surface area (TPSA) is 347 Å². The van der Waals surface area contributed by atoms with Gasteiger partial charge >= 0.3 is 0 Å². The van der Waals surface area contributed by atoms with Crippen molar-refractivity contribution in [2.75, 3.05) is 21.3 Å². The number of nitrogens with one attached hydrogen (secondary N) is 8. The maximum absolute atomic E-state index is 10.3. The van der Waals surface area contributed by atoms with E-state index >= 15 is 0 Å². The third-order valence-corrected chi connectivity index (χ3v) is 22.3. The van der Waals surface area contributed by atoms with E-state index in [0.29, 0.717) is 122 Å². The van der Waals surface area contributed by atoms with Crippen LogP contribution in [-0.2, 0) is 0 Å². The van der Waals surface area contributed by atoms with Crippen molar-refractivity contribution in [1.29, 1.82) is 0 Å². The molecule has 0 amide bonds. The average molecular weight is 1490 g/mol. The lowest BCUT2D eigenvalue weighted by Crippen LogP contribution is -2.02. The second-order valence-corrected chi connectivity index (χ2v) is 30.7. The quantitative estimate of drug-likeness (QED) is 0.0250. The molecule has 24 nitrogen and oxygen atoms in total. The Morgan fingerprint density at radius 3 is 0.981 bits per heavy atom. The zero-order valence-electron chi connectivity index (χ0n) is 58.3. The van der Waals surface area contributed by atoms with Crippen LogP contribution < -0.4 is 21.3 Å². The first-order valence-corrected chi connectivity index (χ1v) is 38.1. The number of aromatic nitrogens is 16. The van der Waals surface area contributed by atoms with Crippen LogP contribution in [0.3, 0.4) is 0 Å². The van der Waals surface area contributed by atoms with Gasteiger partial charge in [0, 0.05) is 125 Å². The number of aromatic amines is 4. The van der Waals surface area contributed by atoms with Crippen LogP contribution in [0.4, 0.5) is 46.5 Å². The molecule has 548 valence electrons. The lowest BCUT2D eigenvalue weighted by atomic mass is 10.1. The SMILES string of the molecule is C#Cc1cnc(-c2ccc([C@@H](C)O)s2)nc1Nc1cc(C2CC2)[nH]n1.C#Cc1cnc(-c2ccc([C@@H](O)C(C)C)s2)nc1Nc1cc(C2CC2)[nH]n1.C#Cc1cnc(-c2ccc([C@@H](O)CCC)s2)nc1Nc1cc(C2CC2)[nH]n1.C#Cc1cnc(-c2ccc([C@H](O)CC)s2)nc1Nc1cc(C2CC2)[nH]n1.[HH].[HH].[HH].[HH].[HH].[HH].[HH]. The zero-order chi connectivity index (χ0) is 73.3. The van der Waals surface area contributed by atoms with Gasteiger partial charge in [0.25, 0.3) is 0 Å². The monoisotopic (exact) mass is 1490 g/mol. The first-order chi connectivity index (χ1) is 51.0. The minimum atomic E-state index is -0.508. The largest absolute Gasteiger partial charge is 0.388 e. The number of aliphatic hydroxyl groups is 4. The number of hydrogen-bond acceptors (Lipinski definition) is 24. The van der Waals surface area contributed by atoms with Crippen molar-refractivity contribution in [3.63, 3.8) is 0 Å². The molecule has 4 atom stereocenters. The Balaban J connectivity index is 0.000000228. The Labute approximate surface area is 634 Å². The summed E-state index contributed by atoms with van der Waals surface area (Å²) in [5, 5.41) is 82.3. The molecule has 0 aliphatic heterocycles. The summed E-state index contributed by atoms with van der Waals surface area (Å²) in [7, 11) is 0. The minimum Gasteiger partial charge on any atom is -0.388 e. The van der Waals surface area contributed by atoms with Crippen LogP contribution >= 0.6 is 45.3 Å². The second kappa shape index (κ2) is 32.9. The van der Waals surface area contributed by atoms with Gasteiger partial charge in [0.2, 0.25) is 0 Å². The molecular weight excluding hydrogens is 1400 g/mol. The number of anilines is 8. The molecule has 4 aliphatic carbocycles. The molecule has 4 aliphatic rings. The molecule has 0 bridgehead atoms. The van der Waals surface area contributed by atoms with Crippen LogP contribution in [0.2, 0.25) is 0 Å². The normalized spacial score (nSPS) is 14.8. The van der Waals surface area contributed by atoms with Crippen molar-refractivity contribution < 1.29 is 30.4 Å². The lowest BCUT2D eigenvalue weighted by molar-refractivity contribution is 0.130. The van der Waals surface area contributed by atoms with Crippen molar-refractivity contribution in [3.8, 4) is 92.2 Å². The Bertz CT molecular complexity index is 5200. The third kappa shape index (κ3) is 18.2. The Kier molecular flexibility index (Phi) is 22.8. The summed E-state index contributed by atoms with van der Waals surface area (Å²) in [6.45, 7) is 9.72. The number of rotatable bonds is 24. The van der Waals surface area contributed by atoms with Gasteiger partial charge in [-0.05, 0) is 126 Å².